The summed E-state index contributed by atoms with van der Waals surface area (Å²) >= 11 is 0. The summed E-state index contributed by atoms with van der Waals surface area (Å²) in [6.07, 6.45) is -2.75. The second-order valence-electron chi connectivity index (χ2n) is 5.94. The van der Waals surface area contributed by atoms with Crippen LogP contribution in [-0.4, -0.2) is 39.3 Å². The van der Waals surface area contributed by atoms with Crippen molar-refractivity contribution in [2.24, 2.45) is 5.41 Å². The quantitative estimate of drug-likeness (QED) is 0.872. The minimum atomic E-state index is -4.46. The van der Waals surface area contributed by atoms with E-state index >= 15 is 0 Å². The Morgan fingerprint density at radius 1 is 1.35 bits per heavy atom. The van der Waals surface area contributed by atoms with Gasteiger partial charge in [0.1, 0.15) is 0 Å². The molecule has 0 bridgehead atoms. The van der Waals surface area contributed by atoms with Crippen LogP contribution in [0, 0.1) is 5.41 Å². The lowest BCUT2D eigenvalue weighted by atomic mass is 9.79. The first kappa shape index (κ1) is 17.7. The predicted octanol–water partition coefficient (Wildman–Crippen LogP) is 2.45. The lowest BCUT2D eigenvalue weighted by Crippen LogP contribution is -2.47. The first-order valence-corrected chi connectivity index (χ1v) is 7.51. The van der Waals surface area contributed by atoms with E-state index in [1.807, 2.05) is 0 Å². The lowest BCUT2D eigenvalue weighted by molar-refractivity contribution is -0.137. The van der Waals surface area contributed by atoms with E-state index in [0.29, 0.717) is 13.2 Å². The van der Waals surface area contributed by atoms with E-state index < -0.39 is 17.6 Å². The number of carbonyl (C=O) groups excluding carboxylic acids is 1. The molecular formula is C16H21F3N2O2. The summed E-state index contributed by atoms with van der Waals surface area (Å²) in [4.78, 5) is 12.2. The zero-order valence-corrected chi connectivity index (χ0v) is 13.0. The van der Waals surface area contributed by atoms with Crippen LogP contribution in [0.2, 0.25) is 0 Å². The Morgan fingerprint density at radius 2 is 2.04 bits per heavy atom. The van der Waals surface area contributed by atoms with Gasteiger partial charge in [0.15, 0.2) is 0 Å². The maximum atomic E-state index is 12.7. The fraction of sp³-hybridized carbons (Fsp3) is 0.562. The summed E-state index contributed by atoms with van der Waals surface area (Å²) in [5, 5.41) is 6.01. The molecule has 0 saturated carbocycles. The van der Waals surface area contributed by atoms with Gasteiger partial charge in [-0.25, -0.2) is 0 Å². The minimum absolute atomic E-state index is 0.0151. The van der Waals surface area contributed by atoms with Crippen molar-refractivity contribution in [3.05, 3.63) is 35.4 Å². The molecule has 1 aromatic carbocycles. The highest BCUT2D eigenvalue weighted by Crippen LogP contribution is 2.30. The molecule has 1 aromatic rings. The highest BCUT2D eigenvalue weighted by Gasteiger charge is 2.33. The number of hydrogen-bond acceptors (Lipinski definition) is 3. The van der Waals surface area contributed by atoms with Crippen molar-refractivity contribution in [2.75, 3.05) is 33.4 Å². The van der Waals surface area contributed by atoms with Gasteiger partial charge >= 0.3 is 6.18 Å². The molecule has 4 nitrogen and oxygen atoms in total. The number of benzene rings is 1. The van der Waals surface area contributed by atoms with Crippen LogP contribution in [0.4, 0.5) is 13.2 Å². The number of ether oxygens (including phenoxy) is 1. The molecule has 0 spiro atoms. The average Bonchev–Trinajstić information content (AvgIpc) is 2.53. The Kier molecular flexibility index (Phi) is 5.64. The van der Waals surface area contributed by atoms with Crippen LogP contribution in [0.15, 0.2) is 24.3 Å². The van der Waals surface area contributed by atoms with Gasteiger partial charge in [0.05, 0.1) is 12.2 Å². The number of halogens is 3. The summed E-state index contributed by atoms with van der Waals surface area (Å²) < 4.78 is 43.4. The topological polar surface area (TPSA) is 50.4 Å². The van der Waals surface area contributed by atoms with E-state index in [1.54, 1.807) is 7.11 Å². The first-order chi connectivity index (χ1) is 10.9. The molecule has 1 heterocycles. The van der Waals surface area contributed by atoms with Crippen molar-refractivity contribution in [1.29, 1.82) is 0 Å². The van der Waals surface area contributed by atoms with Crippen LogP contribution in [0.25, 0.3) is 0 Å². The highest BCUT2D eigenvalue weighted by atomic mass is 19.4. The molecular weight excluding hydrogens is 309 g/mol. The number of methoxy groups -OCH3 is 1. The number of rotatable bonds is 5. The molecule has 0 aromatic heterocycles. The zero-order valence-electron chi connectivity index (χ0n) is 13.0. The van der Waals surface area contributed by atoms with Gasteiger partial charge in [0.2, 0.25) is 0 Å². The lowest BCUT2D eigenvalue weighted by Gasteiger charge is -2.37. The molecule has 23 heavy (non-hydrogen) atoms. The minimum Gasteiger partial charge on any atom is -0.384 e. The largest absolute Gasteiger partial charge is 0.416 e. The number of piperidine rings is 1. The third-order valence-electron chi connectivity index (χ3n) is 4.19. The smallest absolute Gasteiger partial charge is 0.384 e. The SMILES string of the molecule is COCC1(CNC(=O)c2cccc(C(F)(F)F)c2)CCNCC1. The van der Waals surface area contributed by atoms with Crippen molar-refractivity contribution in [1.82, 2.24) is 10.6 Å². The monoisotopic (exact) mass is 330 g/mol. The third kappa shape index (κ3) is 4.68. The number of nitrogens with one attached hydrogen (secondary N) is 2. The Balaban J connectivity index is 2.04. The maximum absolute atomic E-state index is 12.7. The standard InChI is InChI=1S/C16H21F3N2O2/c1-23-11-15(5-7-20-8-6-15)10-21-14(22)12-3-2-4-13(9-12)16(17,18)19/h2-4,9,20H,5-8,10-11H2,1H3,(H,21,22). The fourth-order valence-corrected chi connectivity index (χ4v) is 2.84. The predicted molar refractivity (Wildman–Crippen MR) is 80.2 cm³/mol. The fourth-order valence-electron chi connectivity index (χ4n) is 2.84. The molecule has 128 valence electrons. The molecule has 0 aliphatic carbocycles. The summed E-state index contributed by atoms with van der Waals surface area (Å²) in [7, 11) is 1.61. The van der Waals surface area contributed by atoms with Gasteiger partial charge in [-0.3, -0.25) is 4.79 Å². The van der Waals surface area contributed by atoms with Gasteiger partial charge in [-0.1, -0.05) is 6.07 Å². The molecule has 0 atom stereocenters. The second kappa shape index (κ2) is 7.31. The maximum Gasteiger partial charge on any atom is 0.416 e. The molecule has 1 saturated heterocycles. The molecule has 1 amide bonds. The Labute approximate surface area is 133 Å². The average molecular weight is 330 g/mol. The van der Waals surface area contributed by atoms with Crippen molar-refractivity contribution < 1.29 is 22.7 Å². The summed E-state index contributed by atoms with van der Waals surface area (Å²) in [6.45, 7) is 2.57. The molecule has 1 aliphatic heterocycles. The summed E-state index contributed by atoms with van der Waals surface area (Å²) in [5.41, 5.74) is -0.975. The van der Waals surface area contributed by atoms with Gasteiger partial charge < -0.3 is 15.4 Å². The number of alkyl halides is 3. The molecule has 0 radical (unpaired) electrons. The van der Waals surface area contributed by atoms with Crippen LogP contribution >= 0.6 is 0 Å². The van der Waals surface area contributed by atoms with Crippen LogP contribution in [-0.2, 0) is 10.9 Å². The van der Waals surface area contributed by atoms with Gasteiger partial charge in [-0.15, -0.1) is 0 Å². The summed E-state index contributed by atoms with van der Waals surface area (Å²) in [5.74, 6) is -0.495. The second-order valence-corrected chi connectivity index (χ2v) is 5.94. The van der Waals surface area contributed by atoms with E-state index in [2.05, 4.69) is 10.6 Å². The molecule has 1 aliphatic rings. The highest BCUT2D eigenvalue weighted by molar-refractivity contribution is 5.94. The van der Waals surface area contributed by atoms with Gasteiger partial charge in [0, 0.05) is 24.6 Å². The van der Waals surface area contributed by atoms with Crippen molar-refractivity contribution in [3.63, 3.8) is 0 Å². The Hall–Kier alpha value is -1.60. The number of amides is 1. The van der Waals surface area contributed by atoms with Crippen molar-refractivity contribution in [2.45, 2.75) is 19.0 Å². The van der Waals surface area contributed by atoms with E-state index in [9.17, 15) is 18.0 Å². The van der Waals surface area contributed by atoms with Crippen LogP contribution in [0.1, 0.15) is 28.8 Å². The van der Waals surface area contributed by atoms with Crippen molar-refractivity contribution >= 4 is 5.91 Å². The van der Waals surface area contributed by atoms with E-state index in [0.717, 1.165) is 38.1 Å². The Morgan fingerprint density at radius 3 is 2.65 bits per heavy atom. The van der Waals surface area contributed by atoms with E-state index in [1.165, 1.54) is 12.1 Å². The molecule has 2 N–H and O–H groups in total. The third-order valence-corrected chi connectivity index (χ3v) is 4.19. The van der Waals surface area contributed by atoms with E-state index in [-0.39, 0.29) is 11.0 Å². The van der Waals surface area contributed by atoms with Crippen LogP contribution < -0.4 is 10.6 Å². The van der Waals surface area contributed by atoms with Gasteiger partial charge in [0.25, 0.3) is 5.91 Å². The van der Waals surface area contributed by atoms with Crippen LogP contribution in [0.3, 0.4) is 0 Å². The number of hydrogen-bond donors (Lipinski definition) is 2. The molecule has 2 rings (SSSR count). The van der Waals surface area contributed by atoms with Gasteiger partial charge in [-0.2, -0.15) is 13.2 Å². The Bertz CT molecular complexity index is 535. The van der Waals surface area contributed by atoms with Crippen molar-refractivity contribution in [3.8, 4) is 0 Å². The summed E-state index contributed by atoms with van der Waals surface area (Å²) in [6, 6.07) is 4.46. The molecule has 7 heteroatoms. The molecule has 0 unspecified atom stereocenters. The first-order valence-electron chi connectivity index (χ1n) is 7.51. The molecule has 1 fully saturated rings. The zero-order chi connectivity index (χ0) is 16.9. The van der Waals surface area contributed by atoms with Crippen LogP contribution in [0.5, 0.6) is 0 Å². The van der Waals surface area contributed by atoms with Gasteiger partial charge in [-0.05, 0) is 44.1 Å². The number of carbonyl (C=O) groups is 1. The normalized spacial score (nSPS) is 17.7. The van der Waals surface area contributed by atoms with E-state index in [4.69, 9.17) is 4.74 Å².